The van der Waals surface area contributed by atoms with E-state index in [4.69, 9.17) is 9.84 Å². The topological polar surface area (TPSA) is 106 Å². The summed E-state index contributed by atoms with van der Waals surface area (Å²) in [4.78, 5) is 18.3. The smallest absolute Gasteiger partial charge is 0.374 e. The van der Waals surface area contributed by atoms with Crippen molar-refractivity contribution >= 4 is 15.8 Å². The largest absolute Gasteiger partial charge is 0.481 e. The van der Waals surface area contributed by atoms with Crippen molar-refractivity contribution in [2.75, 3.05) is 12.9 Å². The summed E-state index contributed by atoms with van der Waals surface area (Å²) in [7, 11) is -1.85. The Kier molecular flexibility index (Phi) is 2.74. The van der Waals surface area contributed by atoms with E-state index in [2.05, 4.69) is 9.97 Å². The van der Waals surface area contributed by atoms with Crippen LogP contribution in [0.3, 0.4) is 0 Å². The van der Waals surface area contributed by atoms with E-state index in [-0.39, 0.29) is 29.6 Å². The van der Waals surface area contributed by atoms with Gasteiger partial charge >= 0.3 is 5.97 Å². The maximum absolute atomic E-state index is 11.5. The number of aryl methyl sites for hydroxylation is 1. The minimum atomic E-state index is -3.17. The molecule has 0 fully saturated rings. The molecule has 0 saturated heterocycles. The lowest BCUT2D eigenvalue weighted by molar-refractivity contribution is 0.0682. The highest BCUT2D eigenvalue weighted by atomic mass is 32.2. The number of hydrogen-bond donors (Lipinski definition) is 1. The van der Waals surface area contributed by atoms with Crippen molar-refractivity contribution < 1.29 is 23.1 Å². The molecule has 0 aliphatic carbocycles. The Labute approximate surface area is 97.4 Å². The third-order valence-electron chi connectivity index (χ3n) is 2.45. The van der Waals surface area contributed by atoms with Gasteiger partial charge in [-0.1, -0.05) is 0 Å². The lowest BCUT2D eigenvalue weighted by Crippen LogP contribution is -2.23. The van der Waals surface area contributed by atoms with Crippen molar-refractivity contribution in [3.05, 3.63) is 17.1 Å². The third kappa shape index (κ3) is 2.21. The Morgan fingerprint density at radius 1 is 1.41 bits per heavy atom. The van der Waals surface area contributed by atoms with Gasteiger partial charge in [0.15, 0.2) is 9.84 Å². The molecule has 0 spiro atoms. The fourth-order valence-electron chi connectivity index (χ4n) is 1.67. The van der Waals surface area contributed by atoms with Gasteiger partial charge in [0, 0.05) is 6.42 Å². The van der Waals surface area contributed by atoms with Gasteiger partial charge in [0.25, 0.3) is 0 Å². The highest BCUT2D eigenvalue weighted by Gasteiger charge is 2.28. The molecule has 0 radical (unpaired) electrons. The molecule has 2 rings (SSSR count). The van der Waals surface area contributed by atoms with Crippen LogP contribution in [0.4, 0.5) is 0 Å². The molecule has 2 heterocycles. The number of fused-ring (bicyclic) bond motifs is 1. The fraction of sp³-hybridized carbons (Fsp3) is 0.444. The zero-order valence-corrected chi connectivity index (χ0v) is 9.82. The summed E-state index contributed by atoms with van der Waals surface area (Å²) in [5, 5.41) is 8.81. The molecule has 1 aromatic rings. The molecule has 0 bridgehead atoms. The first-order valence-corrected chi connectivity index (χ1v) is 6.62. The molecular formula is C9H10N2O5S. The number of carboxylic acid groups (broad SMARTS) is 1. The van der Waals surface area contributed by atoms with Crippen molar-refractivity contribution in [2.45, 2.75) is 12.2 Å². The van der Waals surface area contributed by atoms with Crippen LogP contribution in [0.2, 0.25) is 0 Å². The van der Waals surface area contributed by atoms with Crippen molar-refractivity contribution in [2.24, 2.45) is 0 Å². The molecule has 0 amide bonds. The van der Waals surface area contributed by atoms with Crippen LogP contribution in [0.1, 0.15) is 21.9 Å². The van der Waals surface area contributed by atoms with Gasteiger partial charge in [-0.15, -0.1) is 0 Å². The first-order valence-electron chi connectivity index (χ1n) is 4.80. The van der Waals surface area contributed by atoms with Gasteiger partial charge in [-0.2, -0.15) is 4.98 Å². The molecular weight excluding hydrogens is 248 g/mol. The number of rotatable bonds is 2. The van der Waals surface area contributed by atoms with Crippen LogP contribution in [0, 0.1) is 0 Å². The predicted octanol–water partition coefficient (Wildman–Crippen LogP) is -0.346. The standard InChI is InChI=1S/C9H10N2O5S/c1-16-8-5-4-17(14,15)3-2-6(5)10-7(11-8)9(12)13/h2-4H2,1H3,(H,12,13). The highest BCUT2D eigenvalue weighted by Crippen LogP contribution is 2.26. The normalized spacial score (nSPS) is 17.2. The molecule has 17 heavy (non-hydrogen) atoms. The summed E-state index contributed by atoms with van der Waals surface area (Å²) in [6, 6.07) is 0. The van der Waals surface area contributed by atoms with E-state index >= 15 is 0 Å². The van der Waals surface area contributed by atoms with Crippen LogP contribution in [-0.2, 0) is 22.0 Å². The van der Waals surface area contributed by atoms with E-state index in [0.717, 1.165) is 0 Å². The summed E-state index contributed by atoms with van der Waals surface area (Å²) in [5.74, 6) is -1.85. The van der Waals surface area contributed by atoms with Gasteiger partial charge in [0.05, 0.1) is 29.9 Å². The quantitative estimate of drug-likeness (QED) is 0.772. The molecule has 1 N–H and O–H groups in total. The predicted molar refractivity (Wildman–Crippen MR) is 56.7 cm³/mol. The highest BCUT2D eigenvalue weighted by molar-refractivity contribution is 7.90. The summed E-state index contributed by atoms with van der Waals surface area (Å²) >= 11 is 0. The SMILES string of the molecule is COc1nc(C(=O)O)nc2c1CS(=O)(=O)CC2. The van der Waals surface area contributed by atoms with Crippen LogP contribution in [0.15, 0.2) is 0 Å². The summed E-state index contributed by atoms with van der Waals surface area (Å²) in [6.45, 7) is 0. The second-order valence-corrected chi connectivity index (χ2v) is 5.81. The van der Waals surface area contributed by atoms with Gasteiger partial charge in [-0.05, 0) is 0 Å². The Morgan fingerprint density at radius 3 is 2.71 bits per heavy atom. The van der Waals surface area contributed by atoms with E-state index in [1.807, 2.05) is 0 Å². The van der Waals surface area contributed by atoms with Crippen molar-refractivity contribution in [3.8, 4) is 5.88 Å². The molecule has 1 aliphatic rings. The molecule has 0 aromatic carbocycles. The van der Waals surface area contributed by atoms with Crippen LogP contribution < -0.4 is 4.74 Å². The number of carbonyl (C=O) groups is 1. The lowest BCUT2D eigenvalue weighted by Gasteiger charge is -2.17. The Hall–Kier alpha value is -1.70. The van der Waals surface area contributed by atoms with E-state index in [1.54, 1.807) is 0 Å². The van der Waals surface area contributed by atoms with Gasteiger partial charge in [-0.25, -0.2) is 18.2 Å². The van der Waals surface area contributed by atoms with Crippen molar-refractivity contribution in [3.63, 3.8) is 0 Å². The van der Waals surface area contributed by atoms with E-state index < -0.39 is 15.8 Å². The summed E-state index contributed by atoms with van der Waals surface area (Å²) < 4.78 is 27.9. The van der Waals surface area contributed by atoms with Crippen LogP contribution >= 0.6 is 0 Å². The zero-order valence-electron chi connectivity index (χ0n) is 9.00. The first kappa shape index (κ1) is 11.8. The van der Waals surface area contributed by atoms with Gasteiger partial charge < -0.3 is 9.84 Å². The van der Waals surface area contributed by atoms with E-state index in [9.17, 15) is 13.2 Å². The Bertz CT molecular complexity index is 564. The molecule has 0 saturated carbocycles. The van der Waals surface area contributed by atoms with Crippen molar-refractivity contribution in [1.82, 2.24) is 9.97 Å². The molecule has 1 aliphatic heterocycles. The average Bonchev–Trinajstić information content (AvgIpc) is 2.26. The van der Waals surface area contributed by atoms with E-state index in [1.165, 1.54) is 7.11 Å². The van der Waals surface area contributed by atoms with Gasteiger partial charge in [-0.3, -0.25) is 0 Å². The molecule has 7 nitrogen and oxygen atoms in total. The second-order valence-electron chi connectivity index (χ2n) is 3.63. The Balaban J connectivity index is 2.59. The fourth-order valence-corrected chi connectivity index (χ4v) is 3.05. The number of methoxy groups -OCH3 is 1. The average molecular weight is 258 g/mol. The maximum atomic E-state index is 11.5. The van der Waals surface area contributed by atoms with Crippen LogP contribution in [-0.4, -0.2) is 42.3 Å². The molecule has 8 heteroatoms. The number of hydrogen-bond acceptors (Lipinski definition) is 6. The number of carboxylic acids is 1. The summed E-state index contributed by atoms with van der Waals surface area (Å²) in [5.41, 5.74) is 0.799. The minimum absolute atomic E-state index is 0.0238. The van der Waals surface area contributed by atoms with Crippen LogP contribution in [0.5, 0.6) is 5.88 Å². The van der Waals surface area contributed by atoms with E-state index in [0.29, 0.717) is 11.3 Å². The van der Waals surface area contributed by atoms with Gasteiger partial charge in [0.2, 0.25) is 11.7 Å². The molecule has 1 aromatic heterocycles. The molecule has 0 unspecified atom stereocenters. The first-order chi connectivity index (χ1) is 7.93. The number of aromatic carboxylic acids is 1. The second kappa shape index (κ2) is 3.95. The molecule has 92 valence electrons. The third-order valence-corrected chi connectivity index (χ3v) is 4.01. The number of nitrogens with zero attached hydrogens (tertiary/aromatic N) is 2. The Morgan fingerprint density at radius 2 is 2.12 bits per heavy atom. The monoisotopic (exact) mass is 258 g/mol. The summed E-state index contributed by atoms with van der Waals surface area (Å²) in [6.07, 6.45) is 0.191. The zero-order chi connectivity index (χ0) is 12.6. The van der Waals surface area contributed by atoms with Gasteiger partial charge in [0.1, 0.15) is 0 Å². The number of ether oxygens (including phenoxy) is 1. The number of aromatic nitrogens is 2. The maximum Gasteiger partial charge on any atom is 0.374 e. The lowest BCUT2D eigenvalue weighted by atomic mass is 10.2. The van der Waals surface area contributed by atoms with Crippen LogP contribution in [0.25, 0.3) is 0 Å². The van der Waals surface area contributed by atoms with Crippen molar-refractivity contribution in [1.29, 1.82) is 0 Å². The minimum Gasteiger partial charge on any atom is -0.481 e. The molecule has 0 atom stereocenters. The number of sulfone groups is 1.